The van der Waals surface area contributed by atoms with E-state index in [4.69, 9.17) is 33.0 Å². The second-order valence-corrected chi connectivity index (χ2v) is 8.91. The highest BCUT2D eigenvalue weighted by atomic mass is 35.5. The zero-order chi connectivity index (χ0) is 23.7. The van der Waals surface area contributed by atoms with Crippen LogP contribution in [0.5, 0.6) is 5.75 Å². The highest BCUT2D eigenvalue weighted by Gasteiger charge is 2.42. The molecular formula is C27H24ClN3O2S. The molecule has 172 valence electrons. The van der Waals surface area contributed by atoms with E-state index in [-0.39, 0.29) is 12.1 Å². The van der Waals surface area contributed by atoms with Crippen LogP contribution >= 0.6 is 23.8 Å². The normalized spacial score (nSPS) is 17.6. The summed E-state index contributed by atoms with van der Waals surface area (Å²) in [5.41, 5.74) is 3.89. The fraction of sp³-hybridized carbons (Fsp3) is 0.185. The first kappa shape index (κ1) is 22.4. The average molecular weight is 490 g/mol. The van der Waals surface area contributed by atoms with Crippen molar-refractivity contribution in [2.75, 3.05) is 11.5 Å². The molecule has 5 nitrogen and oxygen atoms in total. The number of hydrogen-bond acceptors (Lipinski definition) is 4. The Morgan fingerprint density at radius 2 is 1.91 bits per heavy atom. The van der Waals surface area contributed by atoms with Gasteiger partial charge in [-0.25, -0.2) is 0 Å². The molecule has 2 aromatic carbocycles. The summed E-state index contributed by atoms with van der Waals surface area (Å²) in [7, 11) is 0. The minimum atomic E-state index is -0.228. The maximum atomic E-state index is 6.45. The van der Waals surface area contributed by atoms with Crippen LogP contribution in [-0.4, -0.2) is 16.7 Å². The molecule has 0 saturated carbocycles. The molecule has 0 radical (unpaired) electrons. The second kappa shape index (κ2) is 9.49. The van der Waals surface area contributed by atoms with Gasteiger partial charge in [0.05, 0.1) is 18.3 Å². The van der Waals surface area contributed by atoms with Crippen LogP contribution in [0.2, 0.25) is 5.02 Å². The molecule has 0 spiro atoms. The molecule has 0 aliphatic carbocycles. The third-order valence-electron chi connectivity index (χ3n) is 5.91. The van der Waals surface area contributed by atoms with Crippen molar-refractivity contribution in [3.8, 4) is 17.1 Å². The molecule has 0 unspecified atom stereocenters. The third-order valence-corrected chi connectivity index (χ3v) is 6.46. The summed E-state index contributed by atoms with van der Waals surface area (Å²) in [6, 6.07) is 23.2. The predicted octanol–water partition coefficient (Wildman–Crippen LogP) is 6.88. The summed E-state index contributed by atoms with van der Waals surface area (Å²) in [6.45, 7) is 4.63. The van der Waals surface area contributed by atoms with E-state index in [2.05, 4.69) is 15.2 Å². The molecule has 3 heterocycles. The van der Waals surface area contributed by atoms with Gasteiger partial charge in [-0.2, -0.15) is 0 Å². The molecule has 1 fully saturated rings. The van der Waals surface area contributed by atoms with Crippen molar-refractivity contribution in [1.82, 2.24) is 10.3 Å². The fourth-order valence-electron chi connectivity index (χ4n) is 4.31. The average Bonchev–Trinajstić information content (AvgIpc) is 3.46. The number of pyridine rings is 1. The van der Waals surface area contributed by atoms with E-state index in [1.807, 2.05) is 86.6 Å². The minimum Gasteiger partial charge on any atom is -0.494 e. The number of ether oxygens (including phenoxy) is 1. The maximum Gasteiger partial charge on any atom is 0.174 e. The number of halogens is 1. The van der Waals surface area contributed by atoms with E-state index >= 15 is 0 Å². The number of rotatable bonds is 6. The van der Waals surface area contributed by atoms with Crippen LogP contribution in [0.1, 0.15) is 36.0 Å². The van der Waals surface area contributed by atoms with E-state index in [9.17, 15) is 0 Å². The van der Waals surface area contributed by atoms with Crippen LogP contribution in [0.25, 0.3) is 11.3 Å². The SMILES string of the molecule is CCOc1ccc(N2C(=S)N[C@H](c3ccccn3)[C@H]2c2ccc(-c3cc(Cl)ccc3C)o2)cc1. The van der Waals surface area contributed by atoms with Gasteiger partial charge in [-0.05, 0) is 92.3 Å². The number of hydrogen-bond donors (Lipinski definition) is 1. The molecule has 1 N–H and O–H groups in total. The summed E-state index contributed by atoms with van der Waals surface area (Å²) < 4.78 is 12.1. The Balaban J connectivity index is 1.58. The van der Waals surface area contributed by atoms with E-state index < -0.39 is 0 Å². The molecule has 2 atom stereocenters. The van der Waals surface area contributed by atoms with Gasteiger partial charge in [0.1, 0.15) is 23.3 Å². The lowest BCUT2D eigenvalue weighted by molar-refractivity contribution is 0.340. The first-order valence-electron chi connectivity index (χ1n) is 11.1. The summed E-state index contributed by atoms with van der Waals surface area (Å²) in [5.74, 6) is 2.37. The summed E-state index contributed by atoms with van der Waals surface area (Å²) in [5, 5.41) is 4.74. The lowest BCUT2D eigenvalue weighted by Gasteiger charge is -2.26. The Labute approximate surface area is 209 Å². The number of nitrogens with one attached hydrogen (secondary N) is 1. The molecule has 5 rings (SSSR count). The van der Waals surface area contributed by atoms with Gasteiger partial charge in [-0.1, -0.05) is 23.7 Å². The molecule has 0 amide bonds. The van der Waals surface area contributed by atoms with Gasteiger partial charge in [0.2, 0.25) is 0 Å². The molecule has 1 aliphatic heterocycles. The summed E-state index contributed by atoms with van der Waals surface area (Å²) in [6.07, 6.45) is 1.79. The number of aryl methyl sites for hydroxylation is 1. The molecule has 2 aromatic heterocycles. The number of furan rings is 1. The number of aromatic nitrogens is 1. The van der Waals surface area contributed by atoms with Gasteiger partial charge in [0, 0.05) is 22.5 Å². The predicted molar refractivity (Wildman–Crippen MR) is 139 cm³/mol. The smallest absolute Gasteiger partial charge is 0.174 e. The lowest BCUT2D eigenvalue weighted by Crippen LogP contribution is -2.29. The Morgan fingerprint density at radius 3 is 2.65 bits per heavy atom. The lowest BCUT2D eigenvalue weighted by atomic mass is 10.0. The van der Waals surface area contributed by atoms with Crippen LogP contribution in [0.15, 0.2) is 83.4 Å². The van der Waals surface area contributed by atoms with E-state index in [1.165, 1.54) is 0 Å². The van der Waals surface area contributed by atoms with Crippen molar-refractivity contribution in [3.05, 3.63) is 101 Å². The zero-order valence-corrected chi connectivity index (χ0v) is 20.4. The number of benzene rings is 2. The Kier molecular flexibility index (Phi) is 6.26. The Bertz CT molecular complexity index is 1310. The van der Waals surface area contributed by atoms with E-state index in [1.54, 1.807) is 6.20 Å². The van der Waals surface area contributed by atoms with Crippen molar-refractivity contribution in [3.63, 3.8) is 0 Å². The van der Waals surface area contributed by atoms with Gasteiger partial charge in [-0.3, -0.25) is 4.98 Å². The van der Waals surface area contributed by atoms with Crippen LogP contribution < -0.4 is 15.0 Å². The van der Waals surface area contributed by atoms with Crippen molar-refractivity contribution < 1.29 is 9.15 Å². The molecule has 34 heavy (non-hydrogen) atoms. The minimum absolute atomic E-state index is 0.181. The standard InChI is InChI=1S/C27H24ClN3O2S/c1-3-32-20-11-9-19(10-12-20)31-26(25(30-27(31)34)22-6-4-5-15-29-22)24-14-13-23(33-24)21-16-18(28)8-7-17(21)2/h4-16,25-26H,3H2,1-2H3,(H,30,34)/t25-,26-/m1/s1. The van der Waals surface area contributed by atoms with Gasteiger partial charge in [-0.15, -0.1) is 0 Å². The largest absolute Gasteiger partial charge is 0.494 e. The Morgan fingerprint density at radius 1 is 1.09 bits per heavy atom. The third kappa shape index (κ3) is 4.27. The summed E-state index contributed by atoms with van der Waals surface area (Å²) >= 11 is 12.1. The van der Waals surface area contributed by atoms with Gasteiger partial charge in [0.25, 0.3) is 0 Å². The molecular weight excluding hydrogens is 466 g/mol. The highest BCUT2D eigenvalue weighted by Crippen LogP contribution is 2.43. The summed E-state index contributed by atoms with van der Waals surface area (Å²) in [4.78, 5) is 6.68. The number of nitrogens with zero attached hydrogens (tertiary/aromatic N) is 2. The topological polar surface area (TPSA) is 50.5 Å². The number of thiocarbonyl (C=S) groups is 1. The monoisotopic (exact) mass is 489 g/mol. The fourth-order valence-corrected chi connectivity index (χ4v) is 4.83. The molecule has 1 aliphatic rings. The Hall–Kier alpha value is -3.35. The van der Waals surface area contributed by atoms with Crippen LogP contribution in [0.3, 0.4) is 0 Å². The maximum absolute atomic E-state index is 6.45. The molecule has 4 aromatic rings. The molecule has 1 saturated heterocycles. The van der Waals surface area contributed by atoms with Crippen LogP contribution in [0, 0.1) is 6.92 Å². The van der Waals surface area contributed by atoms with Crippen molar-refractivity contribution >= 4 is 34.6 Å². The van der Waals surface area contributed by atoms with E-state index in [0.29, 0.717) is 16.7 Å². The first-order chi connectivity index (χ1) is 16.5. The second-order valence-electron chi connectivity index (χ2n) is 8.08. The van der Waals surface area contributed by atoms with Crippen molar-refractivity contribution in [2.45, 2.75) is 25.9 Å². The molecule has 7 heteroatoms. The first-order valence-corrected chi connectivity index (χ1v) is 11.9. The van der Waals surface area contributed by atoms with Gasteiger partial charge >= 0.3 is 0 Å². The van der Waals surface area contributed by atoms with Crippen LogP contribution in [-0.2, 0) is 0 Å². The molecule has 0 bridgehead atoms. The van der Waals surface area contributed by atoms with Gasteiger partial charge < -0.3 is 19.4 Å². The van der Waals surface area contributed by atoms with Crippen molar-refractivity contribution in [1.29, 1.82) is 0 Å². The van der Waals surface area contributed by atoms with E-state index in [0.717, 1.165) is 39.8 Å². The number of anilines is 1. The van der Waals surface area contributed by atoms with Crippen LogP contribution in [0.4, 0.5) is 5.69 Å². The zero-order valence-electron chi connectivity index (χ0n) is 18.9. The quantitative estimate of drug-likeness (QED) is 0.298. The van der Waals surface area contributed by atoms with Gasteiger partial charge in [0.15, 0.2) is 5.11 Å². The van der Waals surface area contributed by atoms with Crippen molar-refractivity contribution in [2.24, 2.45) is 0 Å². The highest BCUT2D eigenvalue weighted by molar-refractivity contribution is 7.80.